The first-order chi connectivity index (χ1) is 17.2. The molecule has 0 saturated carbocycles. The topological polar surface area (TPSA) is 30.3 Å². The fraction of sp³-hybridized carbons (Fsp3) is 0.323. The van der Waals surface area contributed by atoms with E-state index < -0.39 is 0 Å². The van der Waals surface area contributed by atoms with Crippen molar-refractivity contribution in [1.82, 2.24) is 14.5 Å². The van der Waals surface area contributed by atoms with E-state index in [1.54, 1.807) is 7.11 Å². The average Bonchev–Trinajstić information content (AvgIpc) is 3.27. The number of hydrogen-bond donors (Lipinski definition) is 0. The van der Waals surface area contributed by atoms with E-state index in [1.165, 1.54) is 22.4 Å². The molecule has 1 aromatic heterocycles. The van der Waals surface area contributed by atoms with Crippen LogP contribution in [0.25, 0.3) is 22.6 Å². The molecule has 0 aliphatic rings. The van der Waals surface area contributed by atoms with Gasteiger partial charge in [0.2, 0.25) is 0 Å². The van der Waals surface area contributed by atoms with Crippen LogP contribution in [0.2, 0.25) is 0 Å². The van der Waals surface area contributed by atoms with Gasteiger partial charge in [-0.3, -0.25) is 4.90 Å². The number of imidazole rings is 1. The lowest BCUT2D eigenvalue weighted by molar-refractivity contribution is 0.250. The lowest BCUT2D eigenvalue weighted by Gasteiger charge is -2.24. The Morgan fingerprint density at radius 1 is 0.771 bits per heavy atom. The maximum absolute atomic E-state index is 5.35. The van der Waals surface area contributed by atoms with Crippen molar-refractivity contribution in [2.45, 2.75) is 52.7 Å². The van der Waals surface area contributed by atoms with Crippen LogP contribution in [0.4, 0.5) is 0 Å². The minimum absolute atomic E-state index is 0.855. The number of ether oxygens (including phenoxy) is 1. The SMILES string of the molecule is CCCCn1c(-c2ccccc2)nc(-c2ccccc2)c1CN(CCC)Cc1ccc(OC)cc1. The second kappa shape index (κ2) is 12.4. The molecule has 0 fully saturated rings. The van der Waals surface area contributed by atoms with Gasteiger partial charge in [-0.15, -0.1) is 0 Å². The third-order valence-corrected chi connectivity index (χ3v) is 6.37. The fourth-order valence-corrected chi connectivity index (χ4v) is 4.57. The maximum atomic E-state index is 5.35. The molecule has 3 aromatic carbocycles. The fourth-order valence-electron chi connectivity index (χ4n) is 4.57. The van der Waals surface area contributed by atoms with Crippen LogP contribution in [0.15, 0.2) is 84.9 Å². The highest BCUT2D eigenvalue weighted by Gasteiger charge is 2.21. The van der Waals surface area contributed by atoms with Gasteiger partial charge in [-0.25, -0.2) is 4.98 Å². The number of aromatic nitrogens is 2. The molecule has 4 aromatic rings. The first kappa shape index (κ1) is 24.7. The van der Waals surface area contributed by atoms with Crippen LogP contribution in [-0.2, 0) is 19.6 Å². The predicted octanol–water partition coefficient (Wildman–Crippen LogP) is 7.44. The summed E-state index contributed by atoms with van der Waals surface area (Å²) < 4.78 is 7.82. The van der Waals surface area contributed by atoms with Crippen molar-refractivity contribution in [3.8, 4) is 28.4 Å². The molecule has 4 heteroatoms. The minimum atomic E-state index is 0.855. The average molecular weight is 468 g/mol. The van der Waals surface area contributed by atoms with Crippen molar-refractivity contribution in [3.05, 3.63) is 96.2 Å². The van der Waals surface area contributed by atoms with Crippen LogP contribution >= 0.6 is 0 Å². The Morgan fingerprint density at radius 3 is 2.03 bits per heavy atom. The molecule has 0 aliphatic carbocycles. The Hall–Kier alpha value is -3.37. The third-order valence-electron chi connectivity index (χ3n) is 6.37. The molecular weight excluding hydrogens is 430 g/mol. The van der Waals surface area contributed by atoms with E-state index >= 15 is 0 Å². The van der Waals surface area contributed by atoms with Gasteiger partial charge in [0, 0.05) is 30.8 Å². The van der Waals surface area contributed by atoms with E-state index in [9.17, 15) is 0 Å². The summed E-state index contributed by atoms with van der Waals surface area (Å²) in [7, 11) is 1.71. The Balaban J connectivity index is 1.76. The summed E-state index contributed by atoms with van der Waals surface area (Å²) in [5, 5.41) is 0. The smallest absolute Gasteiger partial charge is 0.140 e. The molecule has 4 nitrogen and oxygen atoms in total. The van der Waals surface area contributed by atoms with Gasteiger partial charge in [0.25, 0.3) is 0 Å². The van der Waals surface area contributed by atoms with Gasteiger partial charge >= 0.3 is 0 Å². The Morgan fingerprint density at radius 2 is 1.43 bits per heavy atom. The third kappa shape index (κ3) is 6.20. The number of nitrogens with zero attached hydrogens (tertiary/aromatic N) is 3. The standard InChI is InChI=1S/C31H37N3O/c1-4-6-22-34-29(24-33(21-5-2)23-25-17-19-28(35-3)20-18-25)30(26-13-9-7-10-14-26)32-31(34)27-15-11-8-12-16-27/h7-20H,4-6,21-24H2,1-3H3. The molecule has 0 spiro atoms. The van der Waals surface area contributed by atoms with Gasteiger partial charge in [-0.2, -0.15) is 0 Å². The molecule has 0 radical (unpaired) electrons. The molecule has 1 heterocycles. The summed E-state index contributed by atoms with van der Waals surface area (Å²) in [6, 6.07) is 29.7. The summed E-state index contributed by atoms with van der Waals surface area (Å²) in [6.45, 7) is 8.25. The van der Waals surface area contributed by atoms with Gasteiger partial charge in [0.1, 0.15) is 11.6 Å². The highest BCUT2D eigenvalue weighted by molar-refractivity contribution is 5.68. The first-order valence-electron chi connectivity index (χ1n) is 12.8. The normalized spacial score (nSPS) is 11.2. The molecule has 182 valence electrons. The van der Waals surface area contributed by atoms with Crippen LogP contribution in [0, 0.1) is 0 Å². The van der Waals surface area contributed by atoms with Crippen molar-refractivity contribution in [1.29, 1.82) is 0 Å². The van der Waals surface area contributed by atoms with Gasteiger partial charge in [0.15, 0.2) is 0 Å². The summed E-state index contributed by atoms with van der Waals surface area (Å²) in [5.74, 6) is 1.96. The number of benzene rings is 3. The van der Waals surface area contributed by atoms with Crippen molar-refractivity contribution >= 4 is 0 Å². The zero-order valence-corrected chi connectivity index (χ0v) is 21.3. The van der Waals surface area contributed by atoms with Crippen molar-refractivity contribution in [3.63, 3.8) is 0 Å². The van der Waals surface area contributed by atoms with E-state index in [0.717, 1.165) is 62.7 Å². The molecule has 0 aliphatic heterocycles. The van der Waals surface area contributed by atoms with Gasteiger partial charge in [-0.05, 0) is 37.1 Å². The predicted molar refractivity (Wildman–Crippen MR) is 145 cm³/mol. The second-order valence-corrected chi connectivity index (χ2v) is 9.03. The van der Waals surface area contributed by atoms with Gasteiger partial charge in [-0.1, -0.05) is 93.1 Å². The molecule has 0 unspecified atom stereocenters. The van der Waals surface area contributed by atoms with E-state index in [1.807, 2.05) is 12.1 Å². The van der Waals surface area contributed by atoms with Crippen LogP contribution in [-0.4, -0.2) is 28.1 Å². The highest BCUT2D eigenvalue weighted by Crippen LogP contribution is 2.31. The summed E-state index contributed by atoms with van der Waals surface area (Å²) in [6.07, 6.45) is 3.38. The largest absolute Gasteiger partial charge is 0.497 e. The highest BCUT2D eigenvalue weighted by atomic mass is 16.5. The number of hydrogen-bond acceptors (Lipinski definition) is 3. The number of rotatable bonds is 12. The Labute approximate surface area is 210 Å². The van der Waals surface area contributed by atoms with Crippen LogP contribution < -0.4 is 4.74 Å². The number of methoxy groups -OCH3 is 1. The molecule has 0 bridgehead atoms. The lowest BCUT2D eigenvalue weighted by atomic mass is 10.1. The van der Waals surface area contributed by atoms with Gasteiger partial charge in [0.05, 0.1) is 18.5 Å². The molecule has 0 N–H and O–H groups in total. The lowest BCUT2D eigenvalue weighted by Crippen LogP contribution is -2.25. The van der Waals surface area contributed by atoms with Crippen LogP contribution in [0.3, 0.4) is 0 Å². The van der Waals surface area contributed by atoms with Gasteiger partial charge < -0.3 is 9.30 Å². The molecule has 0 amide bonds. The van der Waals surface area contributed by atoms with E-state index in [-0.39, 0.29) is 0 Å². The molecule has 0 atom stereocenters. The van der Waals surface area contributed by atoms with Crippen LogP contribution in [0.5, 0.6) is 5.75 Å². The molecule has 0 saturated heterocycles. The van der Waals surface area contributed by atoms with E-state index in [4.69, 9.17) is 9.72 Å². The number of unbranched alkanes of at least 4 members (excludes halogenated alkanes) is 1. The summed E-state index contributed by atoms with van der Waals surface area (Å²) in [4.78, 5) is 7.81. The van der Waals surface area contributed by atoms with Crippen molar-refractivity contribution < 1.29 is 4.74 Å². The molecular formula is C31H37N3O. The maximum Gasteiger partial charge on any atom is 0.140 e. The zero-order chi connectivity index (χ0) is 24.5. The minimum Gasteiger partial charge on any atom is -0.497 e. The first-order valence-corrected chi connectivity index (χ1v) is 12.8. The quantitative estimate of drug-likeness (QED) is 0.217. The molecule has 35 heavy (non-hydrogen) atoms. The monoisotopic (exact) mass is 467 g/mol. The zero-order valence-electron chi connectivity index (χ0n) is 21.3. The Kier molecular flexibility index (Phi) is 8.74. The summed E-state index contributed by atoms with van der Waals surface area (Å²) in [5.41, 5.74) is 6.03. The van der Waals surface area contributed by atoms with Crippen molar-refractivity contribution in [2.24, 2.45) is 0 Å². The van der Waals surface area contributed by atoms with E-state index in [0.29, 0.717) is 0 Å². The Bertz CT molecular complexity index is 1170. The van der Waals surface area contributed by atoms with Crippen molar-refractivity contribution in [2.75, 3.05) is 13.7 Å². The molecule has 4 rings (SSSR count). The summed E-state index contributed by atoms with van der Waals surface area (Å²) >= 11 is 0. The van der Waals surface area contributed by atoms with Crippen LogP contribution in [0.1, 0.15) is 44.4 Å². The second-order valence-electron chi connectivity index (χ2n) is 9.03. The van der Waals surface area contributed by atoms with E-state index in [2.05, 4.69) is 96.1 Å².